The van der Waals surface area contributed by atoms with Crippen molar-refractivity contribution in [2.24, 2.45) is 4.99 Å². The van der Waals surface area contributed by atoms with Crippen LogP contribution in [0.4, 0.5) is 13.2 Å². The number of halogens is 3. The lowest BCUT2D eigenvalue weighted by atomic mass is 10.4. The Labute approximate surface area is 67.2 Å². The van der Waals surface area contributed by atoms with Crippen molar-refractivity contribution in [1.29, 1.82) is 0 Å². The topological polar surface area (TPSA) is 38.7 Å². The molecule has 0 aliphatic carbocycles. The van der Waals surface area contributed by atoms with Gasteiger partial charge in [0.15, 0.2) is 0 Å². The Balaban J connectivity index is 4.10. The maximum Gasteiger partial charge on any atom is 0.407 e. The van der Waals surface area contributed by atoms with E-state index in [1.54, 1.807) is 0 Å². The third-order valence-electron chi connectivity index (χ3n) is 0.976. The number of carbonyl (C=O) groups is 1. The molecule has 0 spiro atoms. The van der Waals surface area contributed by atoms with Crippen LogP contribution in [0.25, 0.3) is 0 Å². The third kappa shape index (κ3) is 4.70. The van der Waals surface area contributed by atoms with Crippen molar-refractivity contribution in [3.8, 4) is 0 Å². The van der Waals surface area contributed by atoms with Gasteiger partial charge in [-0.3, -0.25) is 4.99 Å². The quantitative estimate of drug-likeness (QED) is 0.476. The van der Waals surface area contributed by atoms with Crippen molar-refractivity contribution < 1.29 is 22.7 Å². The summed E-state index contributed by atoms with van der Waals surface area (Å²) in [5.74, 6) is -0.848. The molecule has 0 fully saturated rings. The van der Waals surface area contributed by atoms with Crippen molar-refractivity contribution in [1.82, 2.24) is 0 Å². The zero-order valence-electron chi connectivity index (χ0n) is 6.60. The van der Waals surface area contributed by atoms with E-state index in [1.165, 1.54) is 0 Å². The molecule has 0 rings (SSSR count). The van der Waals surface area contributed by atoms with Gasteiger partial charge in [-0.1, -0.05) is 0 Å². The monoisotopic (exact) mass is 183 g/mol. The van der Waals surface area contributed by atoms with Gasteiger partial charge in [-0.05, 0) is 6.92 Å². The standard InChI is InChI=1S/C6H8F3NO2/c1-4(5(11)12-2)10-3-6(7,8)9/h3H2,1-2H3. The second kappa shape index (κ2) is 4.08. The molecule has 0 aliphatic rings. The fraction of sp³-hybridized carbons (Fsp3) is 0.667. The average molecular weight is 183 g/mol. The summed E-state index contributed by atoms with van der Waals surface area (Å²) in [5.41, 5.74) is -0.283. The van der Waals surface area contributed by atoms with Crippen LogP contribution in [0.2, 0.25) is 0 Å². The zero-order valence-corrected chi connectivity index (χ0v) is 6.60. The van der Waals surface area contributed by atoms with E-state index in [4.69, 9.17) is 0 Å². The number of alkyl halides is 3. The first-order valence-corrected chi connectivity index (χ1v) is 3.03. The molecule has 0 aromatic rings. The Morgan fingerprint density at radius 2 is 2.00 bits per heavy atom. The molecule has 0 saturated heterocycles. The Morgan fingerprint density at radius 1 is 1.50 bits per heavy atom. The van der Waals surface area contributed by atoms with Crippen LogP contribution in [0.5, 0.6) is 0 Å². The highest BCUT2D eigenvalue weighted by Crippen LogP contribution is 2.14. The lowest BCUT2D eigenvalue weighted by Crippen LogP contribution is -2.17. The van der Waals surface area contributed by atoms with Gasteiger partial charge in [0.1, 0.15) is 12.3 Å². The smallest absolute Gasteiger partial charge is 0.407 e. The number of ether oxygens (including phenoxy) is 1. The number of nitrogens with zero attached hydrogens (tertiary/aromatic N) is 1. The maximum atomic E-state index is 11.5. The highest BCUT2D eigenvalue weighted by atomic mass is 19.4. The van der Waals surface area contributed by atoms with Gasteiger partial charge >= 0.3 is 12.1 Å². The minimum Gasteiger partial charge on any atom is -0.465 e. The van der Waals surface area contributed by atoms with Crippen LogP contribution >= 0.6 is 0 Å². The highest BCUT2D eigenvalue weighted by molar-refractivity contribution is 6.35. The predicted octanol–water partition coefficient (Wildman–Crippen LogP) is 1.18. The summed E-state index contributed by atoms with van der Waals surface area (Å²) in [4.78, 5) is 13.5. The van der Waals surface area contributed by atoms with E-state index in [-0.39, 0.29) is 5.71 Å². The predicted molar refractivity (Wildman–Crippen MR) is 36.0 cm³/mol. The molecule has 0 aromatic heterocycles. The largest absolute Gasteiger partial charge is 0.465 e. The van der Waals surface area contributed by atoms with Gasteiger partial charge in [-0.25, -0.2) is 4.79 Å². The van der Waals surface area contributed by atoms with Gasteiger partial charge in [-0.2, -0.15) is 13.2 Å². The number of hydrogen-bond donors (Lipinski definition) is 0. The molecule has 0 bridgehead atoms. The molecular weight excluding hydrogens is 175 g/mol. The molecule has 12 heavy (non-hydrogen) atoms. The number of carbonyl (C=O) groups excluding carboxylic acids is 1. The first-order chi connectivity index (χ1) is 5.37. The van der Waals surface area contributed by atoms with Crippen molar-refractivity contribution in [2.75, 3.05) is 13.7 Å². The van der Waals surface area contributed by atoms with E-state index in [2.05, 4.69) is 9.73 Å². The Morgan fingerprint density at radius 3 is 2.33 bits per heavy atom. The number of hydrogen-bond acceptors (Lipinski definition) is 3. The van der Waals surface area contributed by atoms with E-state index in [1.807, 2.05) is 0 Å². The molecule has 0 radical (unpaired) electrons. The second-order valence-corrected chi connectivity index (χ2v) is 2.01. The molecule has 6 heteroatoms. The summed E-state index contributed by atoms with van der Waals surface area (Å²) in [6.07, 6.45) is -4.38. The maximum absolute atomic E-state index is 11.5. The fourth-order valence-electron chi connectivity index (χ4n) is 0.420. The normalized spacial score (nSPS) is 12.9. The van der Waals surface area contributed by atoms with E-state index >= 15 is 0 Å². The van der Waals surface area contributed by atoms with Crippen LogP contribution in [0, 0.1) is 0 Å². The van der Waals surface area contributed by atoms with Crippen LogP contribution in [0.3, 0.4) is 0 Å². The fourth-order valence-corrected chi connectivity index (χ4v) is 0.420. The van der Waals surface area contributed by atoms with Gasteiger partial charge in [0.2, 0.25) is 0 Å². The molecule has 0 N–H and O–H groups in total. The van der Waals surface area contributed by atoms with Gasteiger partial charge in [0.05, 0.1) is 7.11 Å². The first-order valence-electron chi connectivity index (χ1n) is 3.03. The summed E-state index contributed by atoms with van der Waals surface area (Å²) >= 11 is 0. The molecule has 0 saturated carbocycles. The Kier molecular flexibility index (Phi) is 3.72. The number of esters is 1. The summed E-state index contributed by atoms with van der Waals surface area (Å²) in [6.45, 7) is -0.189. The van der Waals surface area contributed by atoms with Crippen LogP contribution in [-0.2, 0) is 9.53 Å². The van der Waals surface area contributed by atoms with Crippen LogP contribution in [-0.4, -0.2) is 31.5 Å². The van der Waals surface area contributed by atoms with E-state index in [9.17, 15) is 18.0 Å². The second-order valence-electron chi connectivity index (χ2n) is 2.01. The molecule has 0 atom stereocenters. The minimum atomic E-state index is -4.38. The van der Waals surface area contributed by atoms with Crippen LogP contribution in [0.15, 0.2) is 4.99 Å². The van der Waals surface area contributed by atoms with E-state index in [0.717, 1.165) is 14.0 Å². The van der Waals surface area contributed by atoms with Gasteiger partial charge < -0.3 is 4.74 Å². The molecule has 0 amide bonds. The number of methoxy groups -OCH3 is 1. The molecule has 0 unspecified atom stereocenters. The minimum absolute atomic E-state index is 0.283. The van der Waals surface area contributed by atoms with Crippen LogP contribution < -0.4 is 0 Å². The van der Waals surface area contributed by atoms with Gasteiger partial charge in [0.25, 0.3) is 0 Å². The lowest BCUT2D eigenvalue weighted by Gasteiger charge is -2.02. The molecular formula is C6H8F3NO2. The Bertz CT molecular complexity index is 197. The van der Waals surface area contributed by atoms with Crippen molar-refractivity contribution >= 4 is 11.7 Å². The first kappa shape index (κ1) is 10.9. The Hall–Kier alpha value is -1.07. The zero-order chi connectivity index (χ0) is 9.78. The summed E-state index contributed by atoms with van der Waals surface area (Å²) < 4.78 is 38.7. The van der Waals surface area contributed by atoms with Crippen molar-refractivity contribution in [3.05, 3.63) is 0 Å². The average Bonchev–Trinajstić information content (AvgIpc) is 1.97. The molecule has 3 nitrogen and oxygen atoms in total. The molecule has 0 heterocycles. The SMILES string of the molecule is COC(=O)C(C)=NCC(F)(F)F. The van der Waals surface area contributed by atoms with Crippen molar-refractivity contribution in [2.45, 2.75) is 13.1 Å². The van der Waals surface area contributed by atoms with E-state index in [0.29, 0.717) is 0 Å². The highest BCUT2D eigenvalue weighted by Gasteiger charge is 2.26. The number of rotatable bonds is 2. The van der Waals surface area contributed by atoms with Crippen molar-refractivity contribution in [3.63, 3.8) is 0 Å². The molecule has 0 aliphatic heterocycles. The molecule has 70 valence electrons. The third-order valence-corrected chi connectivity index (χ3v) is 0.976. The van der Waals surface area contributed by atoms with Gasteiger partial charge in [0, 0.05) is 0 Å². The lowest BCUT2D eigenvalue weighted by molar-refractivity contribution is -0.132. The number of aliphatic imine (C=N–C) groups is 1. The molecule has 0 aromatic carbocycles. The van der Waals surface area contributed by atoms with Gasteiger partial charge in [-0.15, -0.1) is 0 Å². The summed E-state index contributed by atoms with van der Waals surface area (Å²) in [6, 6.07) is 0. The van der Waals surface area contributed by atoms with Crippen LogP contribution in [0.1, 0.15) is 6.92 Å². The summed E-state index contributed by atoms with van der Waals surface area (Å²) in [5, 5.41) is 0. The summed E-state index contributed by atoms with van der Waals surface area (Å²) in [7, 11) is 1.08. The van der Waals surface area contributed by atoms with E-state index < -0.39 is 18.7 Å².